The number of nitrogens with one attached hydrogen (secondary N) is 3. The molecule has 41 heavy (non-hydrogen) atoms. The normalized spacial score (nSPS) is 15.8. The van der Waals surface area contributed by atoms with Gasteiger partial charge in [-0.15, -0.1) is 0 Å². The third-order valence-corrected chi connectivity index (χ3v) is 7.91. The Morgan fingerprint density at radius 3 is 2.68 bits per heavy atom. The van der Waals surface area contributed by atoms with Crippen LogP contribution in [0.5, 0.6) is 0 Å². The summed E-state index contributed by atoms with van der Waals surface area (Å²) in [5, 5.41) is 20.1. The number of carboxylic acids is 1. The molecule has 0 unspecified atom stereocenters. The SMILES string of the molecule is [C-]#[N+]NC(=NC[C@H](NC(=O)c1c(Cl)cc2c(c1Cl)CCN(C(=O)c1ccc3cn[nH]c3c1)C2)C(=O)O)N1CCCC1. The number of nitrogens with zero attached hydrogens (tertiary/aromatic N) is 5. The summed E-state index contributed by atoms with van der Waals surface area (Å²) in [4.78, 5) is 49.3. The Labute approximate surface area is 245 Å². The second-order valence-corrected chi connectivity index (χ2v) is 10.6. The number of halogens is 2. The molecular formula is C27H26Cl2N8O4. The van der Waals surface area contributed by atoms with Crippen LogP contribution in [-0.2, 0) is 17.8 Å². The van der Waals surface area contributed by atoms with Crippen LogP contribution >= 0.6 is 23.2 Å². The van der Waals surface area contributed by atoms with E-state index < -0.39 is 17.9 Å². The van der Waals surface area contributed by atoms with Gasteiger partial charge in [-0.1, -0.05) is 34.7 Å². The van der Waals surface area contributed by atoms with Gasteiger partial charge in [-0.3, -0.25) is 14.7 Å². The van der Waals surface area contributed by atoms with Gasteiger partial charge in [0, 0.05) is 37.1 Å². The van der Waals surface area contributed by atoms with E-state index in [0.29, 0.717) is 42.7 Å². The molecule has 1 saturated heterocycles. The molecule has 2 aliphatic rings. The Bertz CT molecular complexity index is 1590. The van der Waals surface area contributed by atoms with E-state index in [1.165, 1.54) is 0 Å². The maximum Gasteiger partial charge on any atom is 0.328 e. The number of aromatic amines is 1. The molecule has 0 aliphatic carbocycles. The number of carbonyl (C=O) groups is 3. The van der Waals surface area contributed by atoms with Crippen LogP contribution in [-0.4, -0.2) is 81.1 Å². The van der Waals surface area contributed by atoms with Gasteiger partial charge in [-0.2, -0.15) is 16.6 Å². The number of rotatable bonds is 6. The first-order chi connectivity index (χ1) is 19.8. The van der Waals surface area contributed by atoms with E-state index in [1.807, 2.05) is 11.0 Å². The lowest BCUT2D eigenvalue weighted by Gasteiger charge is -2.30. The van der Waals surface area contributed by atoms with Crippen molar-refractivity contribution in [3.05, 3.63) is 74.3 Å². The second-order valence-electron chi connectivity index (χ2n) is 9.78. The maximum absolute atomic E-state index is 13.2. The second kappa shape index (κ2) is 12.0. The third kappa shape index (κ3) is 5.91. The maximum atomic E-state index is 13.2. The van der Waals surface area contributed by atoms with Crippen molar-refractivity contribution in [3.63, 3.8) is 0 Å². The number of fused-ring (bicyclic) bond motifs is 2. The van der Waals surface area contributed by atoms with Gasteiger partial charge in [0.15, 0.2) is 0 Å². The molecular weight excluding hydrogens is 571 g/mol. The van der Waals surface area contributed by atoms with E-state index in [1.54, 1.807) is 29.3 Å². The molecule has 1 fully saturated rings. The van der Waals surface area contributed by atoms with Gasteiger partial charge in [-0.05, 0) is 48.6 Å². The topological polar surface area (TPSA) is 147 Å². The smallest absolute Gasteiger partial charge is 0.328 e. The van der Waals surface area contributed by atoms with E-state index in [4.69, 9.17) is 29.8 Å². The Hall–Kier alpha value is -4.34. The van der Waals surface area contributed by atoms with Crippen LogP contribution in [0.25, 0.3) is 15.9 Å². The number of hydrogen-bond acceptors (Lipinski definition) is 5. The molecule has 3 heterocycles. The van der Waals surface area contributed by atoms with Crippen molar-refractivity contribution >= 4 is 57.8 Å². The number of benzene rings is 2. The van der Waals surface area contributed by atoms with Crippen LogP contribution in [0.15, 0.2) is 35.5 Å². The molecule has 4 N–H and O–H groups in total. The zero-order valence-electron chi connectivity index (χ0n) is 21.8. The van der Waals surface area contributed by atoms with Crippen LogP contribution in [0.2, 0.25) is 10.0 Å². The molecule has 212 valence electrons. The van der Waals surface area contributed by atoms with Gasteiger partial charge in [0.1, 0.15) is 6.04 Å². The summed E-state index contributed by atoms with van der Waals surface area (Å²) in [6, 6.07) is 5.54. The first-order valence-electron chi connectivity index (χ1n) is 12.9. The van der Waals surface area contributed by atoms with Crippen molar-refractivity contribution in [2.75, 3.05) is 26.2 Å². The first kappa shape index (κ1) is 28.2. The van der Waals surface area contributed by atoms with Gasteiger partial charge in [0.2, 0.25) is 0 Å². The van der Waals surface area contributed by atoms with Crippen molar-refractivity contribution in [3.8, 4) is 0 Å². The molecule has 0 spiro atoms. The number of aromatic nitrogens is 2. The summed E-state index contributed by atoms with van der Waals surface area (Å²) in [6.45, 7) is 8.81. The van der Waals surface area contributed by atoms with Crippen molar-refractivity contribution in [2.45, 2.75) is 31.8 Å². The third-order valence-electron chi connectivity index (χ3n) is 7.20. The minimum absolute atomic E-state index is 0.0363. The summed E-state index contributed by atoms with van der Waals surface area (Å²) in [5.74, 6) is -1.94. The number of likely N-dealkylation sites (tertiary alicyclic amines) is 1. The molecule has 12 nitrogen and oxygen atoms in total. The quantitative estimate of drug-likeness (QED) is 0.148. The van der Waals surface area contributed by atoms with Crippen LogP contribution in [0.4, 0.5) is 0 Å². The standard InChI is InChI=1S/C27H26Cl2N8O4/c1-30-35-27(36-7-2-3-8-36)31-13-21(26(40)41)33-24(38)22-19(28)10-17-14-37(9-6-18(17)23(22)29)25(39)15-4-5-16-12-32-34-20(16)11-15/h4-5,10-12,21H,2-3,6-9,13-14H2,(H,31,35)(H,32,34)(H,33,38)(H,40,41)/t21-/m0/s1. The van der Waals surface area contributed by atoms with Crippen LogP contribution in [0, 0.1) is 6.57 Å². The van der Waals surface area contributed by atoms with Gasteiger partial charge < -0.3 is 20.2 Å². The lowest BCUT2D eigenvalue weighted by molar-refractivity contribution is -0.138. The van der Waals surface area contributed by atoms with Gasteiger partial charge in [-0.25, -0.2) is 9.79 Å². The van der Waals surface area contributed by atoms with Crippen LogP contribution < -0.4 is 10.7 Å². The molecule has 2 amide bonds. The number of carbonyl (C=O) groups excluding carboxylic acids is 2. The van der Waals surface area contributed by atoms with Crippen molar-refractivity contribution in [2.24, 2.45) is 4.99 Å². The van der Waals surface area contributed by atoms with E-state index in [0.717, 1.165) is 23.7 Å². The van der Waals surface area contributed by atoms with E-state index in [9.17, 15) is 19.5 Å². The summed E-state index contributed by atoms with van der Waals surface area (Å²) >= 11 is 13.1. The summed E-state index contributed by atoms with van der Waals surface area (Å²) in [7, 11) is 0. The van der Waals surface area contributed by atoms with E-state index in [-0.39, 0.29) is 40.6 Å². The van der Waals surface area contributed by atoms with Crippen molar-refractivity contribution in [1.82, 2.24) is 30.7 Å². The number of H-pyrrole nitrogens is 1. The van der Waals surface area contributed by atoms with Crippen molar-refractivity contribution < 1.29 is 19.5 Å². The monoisotopic (exact) mass is 596 g/mol. The molecule has 2 aliphatic heterocycles. The molecule has 5 rings (SSSR count). The number of guanidine groups is 1. The molecule has 2 aromatic carbocycles. The lowest BCUT2D eigenvalue weighted by Crippen LogP contribution is -2.45. The van der Waals surface area contributed by atoms with Gasteiger partial charge in [0.25, 0.3) is 17.8 Å². The molecule has 0 saturated carbocycles. The predicted octanol–water partition coefficient (Wildman–Crippen LogP) is 3.13. The average Bonchev–Trinajstić information content (AvgIpc) is 3.66. The highest BCUT2D eigenvalue weighted by molar-refractivity contribution is 6.40. The minimum atomic E-state index is -1.38. The van der Waals surface area contributed by atoms with Gasteiger partial charge >= 0.3 is 5.97 Å². The number of aliphatic carboxylic acids is 1. The fraction of sp³-hybridized carbons (Fsp3) is 0.333. The van der Waals surface area contributed by atoms with Crippen LogP contribution in [0.1, 0.15) is 44.7 Å². The molecule has 0 bridgehead atoms. The van der Waals surface area contributed by atoms with E-state index in [2.05, 4.69) is 30.9 Å². The fourth-order valence-corrected chi connectivity index (χ4v) is 5.83. The summed E-state index contributed by atoms with van der Waals surface area (Å²) < 4.78 is 0. The zero-order chi connectivity index (χ0) is 29.1. The Balaban J connectivity index is 1.32. The highest BCUT2D eigenvalue weighted by Gasteiger charge is 2.30. The summed E-state index contributed by atoms with van der Waals surface area (Å²) in [5.41, 5.74) is 5.09. The molecule has 14 heteroatoms. The number of carboxylic acid groups (broad SMARTS) is 1. The largest absolute Gasteiger partial charge is 0.480 e. The Morgan fingerprint density at radius 2 is 1.95 bits per heavy atom. The van der Waals surface area contributed by atoms with Gasteiger partial charge in [0.05, 0.1) is 33.9 Å². The first-order valence-corrected chi connectivity index (χ1v) is 13.7. The minimum Gasteiger partial charge on any atom is -0.480 e. The lowest BCUT2D eigenvalue weighted by atomic mass is 9.96. The Kier molecular flexibility index (Phi) is 8.28. The highest BCUT2D eigenvalue weighted by Crippen LogP contribution is 2.35. The molecule has 3 aromatic rings. The number of hydrogen-bond donors (Lipinski definition) is 4. The van der Waals surface area contributed by atoms with Crippen LogP contribution in [0.3, 0.4) is 0 Å². The fourth-order valence-electron chi connectivity index (χ4n) is 5.06. The Morgan fingerprint density at radius 1 is 1.17 bits per heavy atom. The predicted molar refractivity (Wildman–Crippen MR) is 153 cm³/mol. The average molecular weight is 597 g/mol. The van der Waals surface area contributed by atoms with Crippen molar-refractivity contribution in [1.29, 1.82) is 0 Å². The highest BCUT2D eigenvalue weighted by atomic mass is 35.5. The number of aliphatic imine (C=N–C) groups is 1. The molecule has 1 aromatic heterocycles. The molecule has 1 atom stereocenters. The summed E-state index contributed by atoms with van der Waals surface area (Å²) in [6.07, 6.45) is 3.96. The van der Waals surface area contributed by atoms with E-state index >= 15 is 0 Å². The zero-order valence-corrected chi connectivity index (χ0v) is 23.3. The number of amides is 2. The molecule has 0 radical (unpaired) electrons.